The van der Waals surface area contributed by atoms with Crippen molar-refractivity contribution in [1.82, 2.24) is 0 Å². The van der Waals surface area contributed by atoms with Gasteiger partial charge in [0.1, 0.15) is 0 Å². The fourth-order valence-corrected chi connectivity index (χ4v) is 0.175. The van der Waals surface area contributed by atoms with E-state index in [0.29, 0.717) is 0 Å². The first kappa shape index (κ1) is 12.2. The Morgan fingerprint density at radius 2 is 2.25 bits per heavy atom. The summed E-state index contributed by atoms with van der Waals surface area (Å²) in [5, 5.41) is 8.18. The summed E-state index contributed by atoms with van der Waals surface area (Å²) in [7, 11) is 0. The number of hydrogen-bond acceptors (Lipinski definition) is 1. The zero-order valence-electron chi connectivity index (χ0n) is 6.64. The molecule has 44 valence electrons. The van der Waals surface area contributed by atoms with Crippen LogP contribution in [0.3, 0.4) is 0 Å². The molecule has 1 atom stereocenters. The summed E-state index contributed by atoms with van der Waals surface area (Å²) in [6.07, 6.45) is 0.718. The number of aliphatic carboxylic acids is 1. The van der Waals surface area contributed by atoms with E-state index in [4.69, 9.17) is 5.11 Å². The Labute approximate surface area is 110 Å². The van der Waals surface area contributed by atoms with Crippen LogP contribution >= 0.6 is 0 Å². The second-order valence-corrected chi connectivity index (χ2v) is 1.65. The Kier molecular flexibility index (Phi) is 10.1. The molecule has 0 radical (unpaired) electrons. The normalized spacial score (nSPS) is 11.8. The van der Waals surface area contributed by atoms with E-state index < -0.39 is 5.97 Å². The first-order chi connectivity index (χ1) is 3.18. The Hall–Kier alpha value is 1.52. The maximum atomic E-state index is 9.93. The number of carboxylic acids is 1. The van der Waals surface area contributed by atoms with Crippen LogP contribution in [0.25, 0.3) is 0 Å². The molecule has 0 heterocycles. The molecule has 0 spiro atoms. The van der Waals surface area contributed by atoms with Crippen LogP contribution in [0.15, 0.2) is 0 Å². The van der Waals surface area contributed by atoms with Gasteiger partial charge in [-0.05, 0) is 6.42 Å². The second-order valence-electron chi connectivity index (χ2n) is 1.65. The third-order valence-electron chi connectivity index (χ3n) is 1.03. The maximum Gasteiger partial charge on any atom is 1.00 e. The minimum atomic E-state index is -0.706. The summed E-state index contributed by atoms with van der Waals surface area (Å²) in [5.74, 6) is -0.887. The Morgan fingerprint density at radius 3 is 2.25 bits per heavy atom. The maximum absolute atomic E-state index is 9.93. The molecule has 0 saturated heterocycles. The van der Waals surface area contributed by atoms with Crippen molar-refractivity contribution in [3.8, 4) is 0 Å². The van der Waals surface area contributed by atoms with Crippen LogP contribution in [0.4, 0.5) is 0 Å². The van der Waals surface area contributed by atoms with Gasteiger partial charge in [0.2, 0.25) is 0 Å². The minimum absolute atomic E-state index is 0. The van der Waals surface area contributed by atoms with Crippen LogP contribution < -0.4 is 68.9 Å². The average molecular weight is 236 g/mol. The largest absolute Gasteiger partial charge is 1.00 e. The van der Waals surface area contributed by atoms with Crippen LogP contribution in [0.2, 0.25) is 0 Å². The molecule has 0 rings (SSSR count). The van der Waals surface area contributed by atoms with Crippen molar-refractivity contribution >= 4 is 5.97 Å². The van der Waals surface area contributed by atoms with Gasteiger partial charge in [-0.15, -0.1) is 0 Å². The molecule has 3 heteroatoms. The molecular formula is C5H11CsO2. The summed E-state index contributed by atoms with van der Waals surface area (Å²) in [6, 6.07) is 0. The van der Waals surface area contributed by atoms with Gasteiger partial charge in [-0.25, -0.2) is 0 Å². The summed E-state index contributed by atoms with van der Waals surface area (Å²) >= 11 is 0. The standard InChI is InChI=1S/C5H10O2.Cs.H/c1-3-4(2)5(6)7;;/h4H,3H2,1-2H3,(H,6,7);;/q;+1;-1. The zero-order chi connectivity index (χ0) is 5.86. The molecule has 0 saturated carbocycles. The summed E-state index contributed by atoms with van der Waals surface area (Å²) < 4.78 is 0. The van der Waals surface area contributed by atoms with Gasteiger partial charge in [0, 0.05) is 0 Å². The van der Waals surface area contributed by atoms with Crippen molar-refractivity contribution < 1.29 is 80.2 Å². The van der Waals surface area contributed by atoms with E-state index >= 15 is 0 Å². The first-order valence-electron chi connectivity index (χ1n) is 2.41. The molecule has 0 fully saturated rings. The van der Waals surface area contributed by atoms with Crippen LogP contribution in [0.1, 0.15) is 21.7 Å². The number of rotatable bonds is 2. The number of carbonyl (C=O) groups is 1. The van der Waals surface area contributed by atoms with E-state index in [0.717, 1.165) is 6.42 Å². The van der Waals surface area contributed by atoms with Gasteiger partial charge in [-0.2, -0.15) is 0 Å². The third kappa shape index (κ3) is 5.65. The predicted octanol–water partition coefficient (Wildman–Crippen LogP) is -1.77. The topological polar surface area (TPSA) is 37.3 Å². The van der Waals surface area contributed by atoms with Gasteiger partial charge in [-0.1, -0.05) is 13.8 Å². The Bertz CT molecular complexity index is 77.4. The van der Waals surface area contributed by atoms with E-state index in [1.165, 1.54) is 0 Å². The van der Waals surface area contributed by atoms with E-state index in [9.17, 15) is 4.79 Å². The molecule has 0 aliphatic heterocycles. The van der Waals surface area contributed by atoms with Crippen LogP contribution in [-0.2, 0) is 4.79 Å². The minimum Gasteiger partial charge on any atom is -1.00 e. The fourth-order valence-electron chi connectivity index (χ4n) is 0.175. The zero-order valence-corrected chi connectivity index (χ0v) is 11.9. The monoisotopic (exact) mass is 236 g/mol. The molecule has 0 aliphatic carbocycles. The van der Waals surface area contributed by atoms with Gasteiger partial charge in [0.15, 0.2) is 0 Å². The van der Waals surface area contributed by atoms with Gasteiger partial charge < -0.3 is 6.53 Å². The fraction of sp³-hybridized carbons (Fsp3) is 0.800. The molecule has 0 aromatic rings. The first-order valence-corrected chi connectivity index (χ1v) is 2.41. The van der Waals surface area contributed by atoms with Gasteiger partial charge in [-0.3, -0.25) is 4.79 Å². The molecule has 1 N–H and O–H groups in total. The van der Waals surface area contributed by atoms with Gasteiger partial charge >= 0.3 is 74.9 Å². The molecule has 8 heavy (non-hydrogen) atoms. The Balaban J connectivity index is -0.000000180. The van der Waals surface area contributed by atoms with E-state index in [1.807, 2.05) is 6.92 Å². The van der Waals surface area contributed by atoms with Crippen LogP contribution in [0, 0.1) is 5.92 Å². The van der Waals surface area contributed by atoms with E-state index in [-0.39, 0.29) is 76.2 Å². The van der Waals surface area contributed by atoms with E-state index in [1.54, 1.807) is 6.92 Å². The van der Waals surface area contributed by atoms with Gasteiger partial charge in [0.25, 0.3) is 0 Å². The molecular weight excluding hydrogens is 225 g/mol. The summed E-state index contributed by atoms with van der Waals surface area (Å²) in [5.41, 5.74) is 0. The molecule has 0 aliphatic rings. The van der Waals surface area contributed by atoms with Crippen molar-refractivity contribution in [2.24, 2.45) is 5.92 Å². The molecule has 1 unspecified atom stereocenters. The van der Waals surface area contributed by atoms with Crippen LogP contribution in [-0.4, -0.2) is 11.1 Å². The van der Waals surface area contributed by atoms with Gasteiger partial charge in [0.05, 0.1) is 5.92 Å². The third-order valence-corrected chi connectivity index (χ3v) is 1.03. The summed E-state index contributed by atoms with van der Waals surface area (Å²) in [4.78, 5) is 9.93. The molecule has 0 aromatic carbocycles. The van der Waals surface area contributed by atoms with E-state index in [2.05, 4.69) is 0 Å². The smallest absolute Gasteiger partial charge is 1.00 e. The molecule has 0 aromatic heterocycles. The second kappa shape index (κ2) is 6.64. The predicted molar refractivity (Wildman–Crippen MR) is 28.2 cm³/mol. The van der Waals surface area contributed by atoms with Crippen molar-refractivity contribution in [3.05, 3.63) is 0 Å². The average Bonchev–Trinajstić information content (AvgIpc) is 1.65. The van der Waals surface area contributed by atoms with Crippen molar-refractivity contribution in [2.75, 3.05) is 0 Å². The van der Waals surface area contributed by atoms with Crippen molar-refractivity contribution in [3.63, 3.8) is 0 Å². The Morgan fingerprint density at radius 1 is 1.88 bits per heavy atom. The van der Waals surface area contributed by atoms with Crippen molar-refractivity contribution in [2.45, 2.75) is 20.3 Å². The molecule has 0 amide bonds. The summed E-state index contributed by atoms with van der Waals surface area (Å²) in [6.45, 7) is 3.56. The quantitative estimate of drug-likeness (QED) is 0.616. The molecule has 0 bridgehead atoms. The molecule has 2 nitrogen and oxygen atoms in total. The van der Waals surface area contributed by atoms with Crippen molar-refractivity contribution in [1.29, 1.82) is 0 Å². The number of carboxylic acid groups (broad SMARTS) is 1. The number of hydrogen-bond donors (Lipinski definition) is 1. The SMILES string of the molecule is CCC(C)C(=O)O.[Cs+].[H-]. The van der Waals surface area contributed by atoms with Crippen LogP contribution in [0.5, 0.6) is 0 Å².